The van der Waals surface area contributed by atoms with Gasteiger partial charge in [-0.2, -0.15) is 0 Å². The molecule has 0 spiro atoms. The number of nitrogens with two attached hydrogens (primary N) is 1. The Morgan fingerprint density at radius 3 is 2.79 bits per heavy atom. The number of hydrogen-bond donors (Lipinski definition) is 2. The Balaban J connectivity index is 0.00000169. The molecule has 6 heteroatoms. The summed E-state index contributed by atoms with van der Waals surface area (Å²) in [7, 11) is 0. The van der Waals surface area contributed by atoms with Gasteiger partial charge in [-0.05, 0) is 12.1 Å². The van der Waals surface area contributed by atoms with E-state index >= 15 is 0 Å². The summed E-state index contributed by atoms with van der Waals surface area (Å²) in [4.78, 5) is 12.1. The molecule has 80 valence electrons. The molecule has 0 aliphatic carbocycles. The average Bonchev–Trinajstić information content (AvgIpc) is 2.48. The summed E-state index contributed by atoms with van der Waals surface area (Å²) >= 11 is 7.14. The first kappa shape index (κ1) is 13.7. The molecule has 0 aliphatic heterocycles. The van der Waals surface area contributed by atoms with Crippen molar-refractivity contribution in [2.75, 3.05) is 13.1 Å². The van der Waals surface area contributed by atoms with Crippen LogP contribution in [-0.2, 0) is 11.2 Å². The van der Waals surface area contributed by atoms with Crippen molar-refractivity contribution in [3.05, 3.63) is 21.3 Å². The number of halogens is 2. The largest absolute Gasteiger partial charge is 0.355 e. The van der Waals surface area contributed by atoms with Gasteiger partial charge in [-0.25, -0.2) is 0 Å². The van der Waals surface area contributed by atoms with Crippen molar-refractivity contribution in [1.82, 2.24) is 5.32 Å². The third-order valence-corrected chi connectivity index (χ3v) is 2.66. The fraction of sp³-hybridized carbons (Fsp3) is 0.375. The lowest BCUT2D eigenvalue weighted by atomic mass is 10.3. The highest BCUT2D eigenvalue weighted by Crippen LogP contribution is 2.21. The predicted octanol–water partition coefficient (Wildman–Crippen LogP) is 1.44. The van der Waals surface area contributed by atoms with Crippen LogP contribution in [0.2, 0.25) is 4.34 Å². The molecule has 0 aliphatic rings. The summed E-state index contributed by atoms with van der Waals surface area (Å²) < 4.78 is 0.710. The lowest BCUT2D eigenvalue weighted by molar-refractivity contribution is -0.120. The molecule has 1 rings (SSSR count). The Bertz CT molecular complexity index is 291. The molecule has 1 aromatic rings. The molecule has 0 radical (unpaired) electrons. The maximum absolute atomic E-state index is 11.2. The minimum Gasteiger partial charge on any atom is -0.355 e. The van der Waals surface area contributed by atoms with Crippen molar-refractivity contribution < 1.29 is 4.79 Å². The van der Waals surface area contributed by atoms with Crippen LogP contribution in [0.15, 0.2) is 12.1 Å². The van der Waals surface area contributed by atoms with Gasteiger partial charge in [0.25, 0.3) is 0 Å². The number of carbonyl (C=O) groups is 1. The topological polar surface area (TPSA) is 55.1 Å². The summed E-state index contributed by atoms with van der Waals surface area (Å²) in [5.74, 6) is -0.0102. The van der Waals surface area contributed by atoms with Gasteiger partial charge in [0, 0.05) is 18.0 Å². The standard InChI is InChI=1S/C8H11ClN2OS.ClH/c9-7-2-1-6(13-7)5-8(12)11-4-3-10;/h1-2H,3-5,10H2,(H,11,12);1H. The van der Waals surface area contributed by atoms with Crippen LogP contribution in [0, 0.1) is 0 Å². The lowest BCUT2D eigenvalue weighted by Crippen LogP contribution is -2.29. The molecule has 3 nitrogen and oxygen atoms in total. The number of amides is 1. The van der Waals surface area contributed by atoms with Crippen molar-refractivity contribution in [2.45, 2.75) is 6.42 Å². The van der Waals surface area contributed by atoms with E-state index in [0.29, 0.717) is 23.8 Å². The number of hydrogen-bond acceptors (Lipinski definition) is 3. The van der Waals surface area contributed by atoms with Crippen LogP contribution in [-0.4, -0.2) is 19.0 Å². The molecule has 0 bridgehead atoms. The molecular weight excluding hydrogens is 243 g/mol. The van der Waals surface area contributed by atoms with Crippen LogP contribution in [0.25, 0.3) is 0 Å². The number of nitrogens with one attached hydrogen (secondary N) is 1. The van der Waals surface area contributed by atoms with Gasteiger partial charge < -0.3 is 11.1 Å². The van der Waals surface area contributed by atoms with Gasteiger partial charge in [0.05, 0.1) is 10.8 Å². The molecule has 1 heterocycles. The highest BCUT2D eigenvalue weighted by molar-refractivity contribution is 7.16. The minimum absolute atomic E-state index is 0. The van der Waals surface area contributed by atoms with E-state index in [-0.39, 0.29) is 18.3 Å². The molecule has 1 amide bonds. The highest BCUT2D eigenvalue weighted by atomic mass is 35.5. The maximum atomic E-state index is 11.2. The normalized spacial score (nSPS) is 9.29. The zero-order valence-corrected chi connectivity index (χ0v) is 9.85. The molecule has 14 heavy (non-hydrogen) atoms. The molecule has 0 aromatic carbocycles. The molecular formula is C8H12Cl2N2OS. The van der Waals surface area contributed by atoms with Gasteiger partial charge in [-0.1, -0.05) is 11.6 Å². The summed E-state index contributed by atoms with van der Waals surface area (Å²) in [6, 6.07) is 3.65. The first-order valence-corrected chi connectivity index (χ1v) is 5.13. The van der Waals surface area contributed by atoms with Crippen molar-refractivity contribution in [3.63, 3.8) is 0 Å². The first-order valence-electron chi connectivity index (χ1n) is 3.93. The summed E-state index contributed by atoms with van der Waals surface area (Å²) in [6.07, 6.45) is 0.386. The Morgan fingerprint density at radius 2 is 2.29 bits per heavy atom. The van der Waals surface area contributed by atoms with Crippen LogP contribution in [0.5, 0.6) is 0 Å². The third-order valence-electron chi connectivity index (χ3n) is 1.43. The van der Waals surface area contributed by atoms with E-state index in [1.165, 1.54) is 11.3 Å². The Labute approximate surface area is 98.0 Å². The Morgan fingerprint density at radius 1 is 1.57 bits per heavy atom. The van der Waals surface area contributed by atoms with Gasteiger partial charge in [0.2, 0.25) is 5.91 Å². The number of thiophene rings is 1. The van der Waals surface area contributed by atoms with Crippen LogP contribution < -0.4 is 11.1 Å². The summed E-state index contributed by atoms with van der Waals surface area (Å²) in [5.41, 5.74) is 5.24. The SMILES string of the molecule is Cl.NCCNC(=O)Cc1ccc(Cl)s1. The minimum atomic E-state index is -0.0102. The van der Waals surface area contributed by atoms with Gasteiger partial charge in [-0.3, -0.25) is 4.79 Å². The molecule has 0 saturated heterocycles. The van der Waals surface area contributed by atoms with Crippen LogP contribution in [0.3, 0.4) is 0 Å². The van der Waals surface area contributed by atoms with Crippen molar-refractivity contribution in [3.8, 4) is 0 Å². The second-order valence-electron chi connectivity index (χ2n) is 2.52. The van der Waals surface area contributed by atoms with E-state index in [0.717, 1.165) is 4.88 Å². The van der Waals surface area contributed by atoms with E-state index in [1.807, 2.05) is 6.07 Å². The molecule has 0 saturated carbocycles. The molecule has 3 N–H and O–H groups in total. The van der Waals surface area contributed by atoms with Gasteiger partial charge >= 0.3 is 0 Å². The fourth-order valence-electron chi connectivity index (χ4n) is 0.879. The first-order chi connectivity index (χ1) is 6.22. The Kier molecular flexibility index (Phi) is 6.92. The zero-order valence-electron chi connectivity index (χ0n) is 7.46. The fourth-order valence-corrected chi connectivity index (χ4v) is 1.97. The van der Waals surface area contributed by atoms with Crippen LogP contribution in [0.1, 0.15) is 4.88 Å². The second-order valence-corrected chi connectivity index (χ2v) is 4.32. The van der Waals surface area contributed by atoms with Gasteiger partial charge in [0.15, 0.2) is 0 Å². The second kappa shape index (κ2) is 7.06. The average molecular weight is 255 g/mol. The molecule has 1 aromatic heterocycles. The van der Waals surface area contributed by atoms with Crippen LogP contribution >= 0.6 is 35.3 Å². The smallest absolute Gasteiger partial charge is 0.225 e. The summed E-state index contributed by atoms with van der Waals surface area (Å²) in [5, 5.41) is 2.69. The van der Waals surface area contributed by atoms with E-state index in [4.69, 9.17) is 17.3 Å². The quantitative estimate of drug-likeness (QED) is 0.855. The number of rotatable bonds is 4. The van der Waals surface area contributed by atoms with Gasteiger partial charge in [-0.15, -0.1) is 23.7 Å². The molecule has 0 unspecified atom stereocenters. The van der Waals surface area contributed by atoms with Crippen LogP contribution in [0.4, 0.5) is 0 Å². The van der Waals surface area contributed by atoms with Crippen molar-refractivity contribution in [1.29, 1.82) is 0 Å². The maximum Gasteiger partial charge on any atom is 0.225 e. The monoisotopic (exact) mass is 254 g/mol. The molecule has 0 fully saturated rings. The van der Waals surface area contributed by atoms with E-state index in [1.54, 1.807) is 6.07 Å². The van der Waals surface area contributed by atoms with Crippen molar-refractivity contribution >= 4 is 41.3 Å². The Hall–Kier alpha value is -0.290. The number of carbonyl (C=O) groups excluding carboxylic acids is 1. The highest BCUT2D eigenvalue weighted by Gasteiger charge is 2.04. The van der Waals surface area contributed by atoms with E-state index in [9.17, 15) is 4.79 Å². The predicted molar refractivity (Wildman–Crippen MR) is 62.3 cm³/mol. The summed E-state index contributed by atoms with van der Waals surface area (Å²) in [6.45, 7) is 0.995. The third kappa shape index (κ3) is 4.81. The lowest BCUT2D eigenvalue weighted by Gasteiger charge is -2.00. The van der Waals surface area contributed by atoms with Gasteiger partial charge in [0.1, 0.15) is 0 Å². The zero-order chi connectivity index (χ0) is 9.68. The van der Waals surface area contributed by atoms with E-state index in [2.05, 4.69) is 5.32 Å². The molecule has 0 atom stereocenters. The van der Waals surface area contributed by atoms with Crippen molar-refractivity contribution in [2.24, 2.45) is 5.73 Å². The van der Waals surface area contributed by atoms with E-state index < -0.39 is 0 Å².